The molecule has 0 aliphatic carbocycles. The molecule has 3 aromatic rings. The molecule has 5 nitrogen and oxygen atoms in total. The third kappa shape index (κ3) is 3.31. The monoisotopic (exact) mass is 298 g/mol. The van der Waals surface area contributed by atoms with Crippen molar-refractivity contribution >= 4 is 16.6 Å². The Kier molecular flexibility index (Phi) is 4.44. The number of nitrogens with one attached hydrogen (secondary N) is 1. The van der Waals surface area contributed by atoms with Crippen LogP contribution in [0.15, 0.2) is 49.2 Å². The summed E-state index contributed by atoms with van der Waals surface area (Å²) >= 11 is 0. The average Bonchev–Trinajstić information content (AvgIpc) is 3.10. The number of hydrogen-bond acceptors (Lipinski definition) is 2. The molecule has 3 rings (SSSR count). The highest BCUT2D eigenvalue weighted by Gasteiger charge is 2.03. The summed E-state index contributed by atoms with van der Waals surface area (Å²) in [6.45, 7) is 4.02. The first-order valence-corrected chi connectivity index (χ1v) is 7.79. The highest BCUT2D eigenvalue weighted by atomic mass is 15.1. The summed E-state index contributed by atoms with van der Waals surface area (Å²) in [6, 6.07) is 8.18. The van der Waals surface area contributed by atoms with Crippen LogP contribution in [-0.4, -0.2) is 22.2 Å². The number of aromatic nitrogens is 3. The number of hydrogen-bond donors (Lipinski definition) is 2. The third-order valence-corrected chi connectivity index (χ3v) is 3.97. The number of nitrogens with zero attached hydrogens (tertiary/aromatic N) is 3. The highest BCUT2D eigenvalue weighted by Crippen LogP contribution is 2.21. The van der Waals surface area contributed by atoms with E-state index < -0.39 is 0 Å². The Morgan fingerprint density at radius 1 is 1.14 bits per heavy atom. The van der Waals surface area contributed by atoms with Gasteiger partial charge in [0, 0.05) is 30.4 Å². The smallest absolute Gasteiger partial charge is 0.243 e. The van der Waals surface area contributed by atoms with E-state index in [-0.39, 0.29) is 0 Å². The van der Waals surface area contributed by atoms with Gasteiger partial charge in [-0.05, 0) is 31.2 Å². The van der Waals surface area contributed by atoms with Gasteiger partial charge < -0.3 is 15.6 Å². The fourth-order valence-corrected chi connectivity index (χ4v) is 2.79. The molecule has 22 heavy (non-hydrogen) atoms. The van der Waals surface area contributed by atoms with Crippen LogP contribution >= 0.6 is 0 Å². The zero-order valence-corrected chi connectivity index (χ0v) is 13.1. The van der Waals surface area contributed by atoms with Crippen molar-refractivity contribution in [1.82, 2.24) is 14.5 Å². The summed E-state index contributed by atoms with van der Waals surface area (Å²) in [5.74, 6) is 0. The Labute approximate surface area is 131 Å². The van der Waals surface area contributed by atoms with Crippen molar-refractivity contribution in [3.8, 4) is 0 Å². The van der Waals surface area contributed by atoms with Crippen molar-refractivity contribution in [1.29, 1.82) is 0 Å². The minimum atomic E-state index is 0.851. The molecule has 0 saturated carbocycles. The van der Waals surface area contributed by atoms with Gasteiger partial charge in [0.25, 0.3) is 0 Å². The first kappa shape index (κ1) is 14.7. The predicted molar refractivity (Wildman–Crippen MR) is 89.4 cm³/mol. The minimum absolute atomic E-state index is 0.851. The second kappa shape index (κ2) is 6.66. The van der Waals surface area contributed by atoms with E-state index in [1.165, 1.54) is 5.52 Å². The van der Waals surface area contributed by atoms with E-state index in [1.54, 1.807) is 0 Å². The molecule has 0 fully saturated rings. The molecule has 0 saturated heterocycles. The standard InChI is InChI=1S/C17H24N5/c1-20-12-13-21(14-20)9-3-7-19-8-11-22-10-6-15-16(18)4-2-5-17(15)22/h2,4-6,10,12-14,19H,3,7-9,11,18H2,1H3/q+1. The molecule has 0 unspecified atom stereocenters. The van der Waals surface area contributed by atoms with Crippen LogP contribution in [0.5, 0.6) is 0 Å². The summed E-state index contributed by atoms with van der Waals surface area (Å²) in [4.78, 5) is 0. The Hall–Kier alpha value is -2.27. The molecule has 0 radical (unpaired) electrons. The Balaban J connectivity index is 1.42. The Morgan fingerprint density at radius 2 is 2.05 bits per heavy atom. The van der Waals surface area contributed by atoms with Gasteiger partial charge >= 0.3 is 0 Å². The molecule has 2 aromatic heterocycles. The number of aryl methyl sites for hydroxylation is 2. The predicted octanol–water partition coefficient (Wildman–Crippen LogP) is 1.53. The van der Waals surface area contributed by atoms with E-state index in [4.69, 9.17) is 5.73 Å². The van der Waals surface area contributed by atoms with Crippen molar-refractivity contribution in [3.63, 3.8) is 0 Å². The summed E-state index contributed by atoms with van der Waals surface area (Å²) in [5, 5.41) is 4.65. The van der Waals surface area contributed by atoms with Gasteiger partial charge in [-0.15, -0.1) is 0 Å². The van der Waals surface area contributed by atoms with Crippen LogP contribution in [0.3, 0.4) is 0 Å². The molecule has 0 amide bonds. The van der Waals surface area contributed by atoms with Crippen molar-refractivity contribution in [2.45, 2.75) is 19.5 Å². The SMILES string of the molecule is C[n+]1ccn(CCCNCCn2ccc3c(N)cccc32)c1. The number of imidazole rings is 1. The van der Waals surface area contributed by atoms with Crippen LogP contribution in [0.25, 0.3) is 10.9 Å². The molecule has 2 heterocycles. The average molecular weight is 298 g/mol. The van der Waals surface area contributed by atoms with Gasteiger partial charge in [0.2, 0.25) is 6.33 Å². The molecule has 3 N–H and O–H groups in total. The fourth-order valence-electron chi connectivity index (χ4n) is 2.79. The van der Waals surface area contributed by atoms with E-state index in [9.17, 15) is 0 Å². The van der Waals surface area contributed by atoms with Crippen LogP contribution in [0.1, 0.15) is 6.42 Å². The summed E-state index contributed by atoms with van der Waals surface area (Å²) in [5.41, 5.74) is 8.05. The lowest BCUT2D eigenvalue weighted by atomic mass is 10.2. The summed E-state index contributed by atoms with van der Waals surface area (Å²) in [6.07, 6.45) is 9.53. The maximum atomic E-state index is 5.99. The van der Waals surface area contributed by atoms with Gasteiger partial charge in [-0.25, -0.2) is 9.13 Å². The van der Waals surface area contributed by atoms with Crippen LogP contribution in [-0.2, 0) is 20.1 Å². The van der Waals surface area contributed by atoms with E-state index >= 15 is 0 Å². The summed E-state index contributed by atoms with van der Waals surface area (Å²) < 4.78 is 6.53. The molecule has 0 aliphatic rings. The maximum Gasteiger partial charge on any atom is 0.243 e. The largest absolute Gasteiger partial charge is 0.398 e. The topological polar surface area (TPSA) is 51.8 Å². The van der Waals surface area contributed by atoms with Gasteiger partial charge in [-0.3, -0.25) is 0 Å². The minimum Gasteiger partial charge on any atom is -0.398 e. The van der Waals surface area contributed by atoms with Gasteiger partial charge in [-0.2, -0.15) is 0 Å². The summed E-state index contributed by atoms with van der Waals surface area (Å²) in [7, 11) is 2.04. The van der Waals surface area contributed by atoms with E-state index in [1.807, 2.05) is 19.2 Å². The van der Waals surface area contributed by atoms with Gasteiger partial charge in [0.15, 0.2) is 0 Å². The van der Waals surface area contributed by atoms with E-state index in [2.05, 4.69) is 56.1 Å². The van der Waals surface area contributed by atoms with Crippen LogP contribution in [0.2, 0.25) is 0 Å². The molecular weight excluding hydrogens is 274 g/mol. The van der Waals surface area contributed by atoms with Crippen LogP contribution in [0.4, 0.5) is 5.69 Å². The van der Waals surface area contributed by atoms with Crippen molar-refractivity contribution < 1.29 is 4.57 Å². The van der Waals surface area contributed by atoms with Crippen LogP contribution < -0.4 is 15.6 Å². The normalized spacial score (nSPS) is 11.3. The van der Waals surface area contributed by atoms with Gasteiger partial charge in [0.1, 0.15) is 12.4 Å². The molecule has 5 heteroatoms. The second-order valence-corrected chi connectivity index (χ2v) is 5.71. The molecule has 0 spiro atoms. The van der Waals surface area contributed by atoms with Crippen molar-refractivity contribution in [2.75, 3.05) is 18.8 Å². The first-order chi connectivity index (χ1) is 10.7. The number of benzene rings is 1. The maximum absolute atomic E-state index is 5.99. The molecule has 116 valence electrons. The quantitative estimate of drug-likeness (QED) is 0.395. The first-order valence-electron chi connectivity index (χ1n) is 7.79. The lowest BCUT2D eigenvalue weighted by Crippen LogP contribution is -2.24. The number of anilines is 1. The Bertz CT molecular complexity index is 740. The zero-order chi connectivity index (χ0) is 15.4. The van der Waals surface area contributed by atoms with Crippen molar-refractivity contribution in [3.05, 3.63) is 49.2 Å². The van der Waals surface area contributed by atoms with E-state index in [0.29, 0.717) is 0 Å². The number of rotatable bonds is 7. The molecule has 0 bridgehead atoms. The van der Waals surface area contributed by atoms with E-state index in [0.717, 1.165) is 43.7 Å². The number of fused-ring (bicyclic) bond motifs is 1. The second-order valence-electron chi connectivity index (χ2n) is 5.71. The number of nitrogen functional groups attached to an aromatic ring is 1. The highest BCUT2D eigenvalue weighted by molar-refractivity contribution is 5.91. The van der Waals surface area contributed by atoms with Gasteiger partial charge in [0.05, 0.1) is 19.1 Å². The van der Waals surface area contributed by atoms with Crippen LogP contribution in [0, 0.1) is 0 Å². The van der Waals surface area contributed by atoms with Gasteiger partial charge in [-0.1, -0.05) is 6.07 Å². The molecule has 0 atom stereocenters. The lowest BCUT2D eigenvalue weighted by Gasteiger charge is -2.07. The molecule has 1 aromatic carbocycles. The zero-order valence-electron chi connectivity index (χ0n) is 13.1. The number of nitrogens with two attached hydrogens (primary N) is 1. The lowest BCUT2D eigenvalue weighted by molar-refractivity contribution is -0.671. The fraction of sp³-hybridized carbons (Fsp3) is 0.353. The Morgan fingerprint density at radius 3 is 2.86 bits per heavy atom. The van der Waals surface area contributed by atoms with Crippen molar-refractivity contribution in [2.24, 2.45) is 7.05 Å². The molecular formula is C17H24N5+. The molecule has 0 aliphatic heterocycles. The third-order valence-electron chi connectivity index (χ3n) is 3.97.